The van der Waals surface area contributed by atoms with Crippen molar-refractivity contribution in [3.63, 3.8) is 0 Å². The van der Waals surface area contributed by atoms with Gasteiger partial charge in [0.15, 0.2) is 0 Å². The van der Waals surface area contributed by atoms with Crippen molar-refractivity contribution in [2.45, 2.75) is 26.7 Å². The zero-order valence-electron chi connectivity index (χ0n) is 7.38. The summed E-state index contributed by atoms with van der Waals surface area (Å²) in [4.78, 5) is 0. The second-order valence-electron chi connectivity index (χ2n) is 3.01. The Morgan fingerprint density at radius 2 is 2.27 bits per heavy atom. The second kappa shape index (κ2) is 4.17. The van der Waals surface area contributed by atoms with Gasteiger partial charge in [0.25, 0.3) is 0 Å². The van der Waals surface area contributed by atoms with E-state index >= 15 is 0 Å². The first kappa shape index (κ1) is 8.32. The van der Waals surface area contributed by atoms with Gasteiger partial charge in [-0.1, -0.05) is 49.8 Å². The molecule has 0 aromatic carbocycles. The van der Waals surface area contributed by atoms with E-state index in [1.54, 1.807) is 0 Å². The molecule has 1 atom stereocenters. The van der Waals surface area contributed by atoms with E-state index in [0.717, 1.165) is 12.8 Å². The summed E-state index contributed by atoms with van der Waals surface area (Å²) >= 11 is 0. The first-order valence-corrected chi connectivity index (χ1v) is 4.37. The number of hydrogen-bond acceptors (Lipinski definition) is 0. The van der Waals surface area contributed by atoms with Crippen LogP contribution in [0.3, 0.4) is 0 Å². The van der Waals surface area contributed by atoms with Crippen molar-refractivity contribution >= 4 is 0 Å². The minimum Gasteiger partial charge on any atom is -0.0841 e. The third kappa shape index (κ3) is 2.75. The molecule has 1 aliphatic carbocycles. The molecule has 1 aliphatic rings. The van der Waals surface area contributed by atoms with Crippen molar-refractivity contribution in [3.05, 3.63) is 36.0 Å². The molecule has 1 unspecified atom stereocenters. The lowest BCUT2D eigenvalue weighted by Gasteiger charge is -2.03. The van der Waals surface area contributed by atoms with Crippen LogP contribution in [-0.2, 0) is 0 Å². The van der Waals surface area contributed by atoms with Gasteiger partial charge in [0.05, 0.1) is 0 Å². The van der Waals surface area contributed by atoms with E-state index in [0.29, 0.717) is 5.92 Å². The Balaban J connectivity index is 2.70. The van der Waals surface area contributed by atoms with Crippen LogP contribution in [-0.4, -0.2) is 0 Å². The van der Waals surface area contributed by atoms with Crippen molar-refractivity contribution in [3.8, 4) is 0 Å². The highest BCUT2D eigenvalue weighted by atomic mass is 14.0. The topological polar surface area (TPSA) is 0 Å². The van der Waals surface area contributed by atoms with Gasteiger partial charge in [0.2, 0.25) is 0 Å². The zero-order valence-corrected chi connectivity index (χ0v) is 7.38. The summed E-state index contributed by atoms with van der Waals surface area (Å²) in [5.74, 6) is 0.602. The van der Waals surface area contributed by atoms with Crippen LogP contribution in [0.2, 0.25) is 0 Å². The van der Waals surface area contributed by atoms with Crippen LogP contribution in [0.1, 0.15) is 26.7 Å². The minimum absolute atomic E-state index is 0.602. The van der Waals surface area contributed by atoms with Gasteiger partial charge >= 0.3 is 0 Å². The van der Waals surface area contributed by atoms with Crippen molar-refractivity contribution in [1.82, 2.24) is 0 Å². The second-order valence-corrected chi connectivity index (χ2v) is 3.01. The van der Waals surface area contributed by atoms with Gasteiger partial charge in [-0.25, -0.2) is 0 Å². The molecule has 0 aliphatic heterocycles. The molecule has 11 heavy (non-hydrogen) atoms. The Morgan fingerprint density at radius 3 is 3.00 bits per heavy atom. The smallest absolute Gasteiger partial charge is 0.00786 e. The summed E-state index contributed by atoms with van der Waals surface area (Å²) in [5, 5.41) is 0. The lowest BCUT2D eigenvalue weighted by Crippen LogP contribution is -1.86. The Morgan fingerprint density at radius 1 is 1.45 bits per heavy atom. The molecule has 0 amide bonds. The number of rotatable bonds is 1. The molecule has 0 fully saturated rings. The van der Waals surface area contributed by atoms with E-state index in [9.17, 15) is 0 Å². The van der Waals surface area contributed by atoms with Gasteiger partial charge in [0.1, 0.15) is 0 Å². The first-order chi connectivity index (χ1) is 5.33. The highest BCUT2D eigenvalue weighted by Crippen LogP contribution is 2.11. The van der Waals surface area contributed by atoms with Gasteiger partial charge < -0.3 is 0 Å². The Labute approximate surface area is 69.3 Å². The van der Waals surface area contributed by atoms with Gasteiger partial charge in [0, 0.05) is 0 Å². The molecule has 0 spiro atoms. The Bertz CT molecular complexity index is 194. The zero-order chi connectivity index (χ0) is 8.10. The van der Waals surface area contributed by atoms with Crippen LogP contribution in [0.5, 0.6) is 0 Å². The average Bonchev–Trinajstić information content (AvgIpc) is 1.98. The van der Waals surface area contributed by atoms with Crippen molar-refractivity contribution < 1.29 is 0 Å². The van der Waals surface area contributed by atoms with Crippen molar-refractivity contribution in [1.29, 1.82) is 0 Å². The fourth-order valence-electron chi connectivity index (χ4n) is 1.18. The van der Waals surface area contributed by atoms with Crippen LogP contribution >= 0.6 is 0 Å². The van der Waals surface area contributed by atoms with Crippen molar-refractivity contribution in [2.24, 2.45) is 5.92 Å². The van der Waals surface area contributed by atoms with E-state index in [-0.39, 0.29) is 0 Å². The maximum Gasteiger partial charge on any atom is -0.00786 e. The van der Waals surface area contributed by atoms with Crippen LogP contribution in [0, 0.1) is 5.92 Å². The molecule has 0 aromatic rings. The quantitative estimate of drug-likeness (QED) is 0.499. The summed E-state index contributed by atoms with van der Waals surface area (Å²) in [5.41, 5.74) is 1.46. The molecule has 60 valence electrons. The van der Waals surface area contributed by atoms with Crippen LogP contribution in [0.4, 0.5) is 0 Å². The third-order valence-corrected chi connectivity index (χ3v) is 1.98. The van der Waals surface area contributed by atoms with Gasteiger partial charge in [-0.3, -0.25) is 0 Å². The van der Waals surface area contributed by atoms with E-state index in [4.69, 9.17) is 0 Å². The highest BCUT2D eigenvalue weighted by molar-refractivity contribution is 5.22. The Kier molecular flexibility index (Phi) is 3.15. The summed E-state index contributed by atoms with van der Waals surface area (Å²) < 4.78 is 0. The molecule has 0 aromatic heterocycles. The predicted octanol–water partition coefficient (Wildman–Crippen LogP) is 3.48. The lowest BCUT2D eigenvalue weighted by atomic mass is 10.0. The predicted molar refractivity (Wildman–Crippen MR) is 50.4 cm³/mol. The molecular formula is C11H16. The third-order valence-electron chi connectivity index (χ3n) is 1.98. The summed E-state index contributed by atoms with van der Waals surface area (Å²) in [6.07, 6.45) is 13.5. The molecule has 1 rings (SSSR count). The standard InChI is InChI=1S/C11H16/c1-3-11-7-5-4-6-10(2)8-9-11/h4,6-10H,3,5H2,1-2H3. The first-order valence-electron chi connectivity index (χ1n) is 4.37. The number of hydrogen-bond donors (Lipinski definition) is 0. The van der Waals surface area contributed by atoms with Crippen LogP contribution in [0.25, 0.3) is 0 Å². The SMILES string of the molecule is CCC1=CCC=CC(C)C=C1. The fourth-order valence-corrected chi connectivity index (χ4v) is 1.18. The highest BCUT2D eigenvalue weighted by Gasteiger charge is 1.93. The molecule has 0 radical (unpaired) electrons. The average molecular weight is 148 g/mol. The molecule has 0 saturated carbocycles. The molecule has 0 bridgehead atoms. The molecular weight excluding hydrogens is 132 g/mol. The summed E-state index contributed by atoms with van der Waals surface area (Å²) in [7, 11) is 0. The molecule has 0 saturated heterocycles. The van der Waals surface area contributed by atoms with Crippen molar-refractivity contribution in [2.75, 3.05) is 0 Å². The van der Waals surface area contributed by atoms with E-state index in [2.05, 4.69) is 44.2 Å². The van der Waals surface area contributed by atoms with E-state index in [1.807, 2.05) is 0 Å². The largest absolute Gasteiger partial charge is 0.0841 e. The maximum atomic E-state index is 2.29. The lowest BCUT2D eigenvalue weighted by molar-refractivity contribution is 0.923. The molecule has 0 heteroatoms. The molecule has 0 heterocycles. The Hall–Kier alpha value is -0.780. The van der Waals surface area contributed by atoms with Gasteiger partial charge in [-0.05, 0) is 18.8 Å². The van der Waals surface area contributed by atoms with Gasteiger partial charge in [-0.15, -0.1) is 0 Å². The normalized spacial score (nSPS) is 24.2. The minimum atomic E-state index is 0.602. The van der Waals surface area contributed by atoms with Crippen LogP contribution < -0.4 is 0 Å². The molecule has 0 nitrogen and oxygen atoms in total. The monoisotopic (exact) mass is 148 g/mol. The number of allylic oxidation sites excluding steroid dienone is 6. The summed E-state index contributed by atoms with van der Waals surface area (Å²) in [6, 6.07) is 0. The molecule has 0 N–H and O–H groups in total. The maximum absolute atomic E-state index is 2.29. The van der Waals surface area contributed by atoms with Crippen LogP contribution in [0.15, 0.2) is 36.0 Å². The fraction of sp³-hybridized carbons (Fsp3) is 0.455. The van der Waals surface area contributed by atoms with E-state index in [1.165, 1.54) is 5.57 Å². The van der Waals surface area contributed by atoms with Gasteiger partial charge in [-0.2, -0.15) is 0 Å². The van der Waals surface area contributed by atoms with E-state index < -0.39 is 0 Å². The summed E-state index contributed by atoms with van der Waals surface area (Å²) in [6.45, 7) is 4.41.